The maximum absolute atomic E-state index is 13.4. The molecule has 0 bridgehead atoms. The van der Waals surface area contributed by atoms with Gasteiger partial charge in [0.25, 0.3) is 23.6 Å². The van der Waals surface area contributed by atoms with Gasteiger partial charge < -0.3 is 30.7 Å². The van der Waals surface area contributed by atoms with Gasteiger partial charge in [-0.05, 0) is 122 Å². The molecule has 2 atom stereocenters. The van der Waals surface area contributed by atoms with Crippen LogP contribution in [0.3, 0.4) is 0 Å². The summed E-state index contributed by atoms with van der Waals surface area (Å²) in [6.07, 6.45) is 0. The molecule has 0 radical (unpaired) electrons. The number of hydrogen-bond donors (Lipinski definition) is 4. The largest absolute Gasteiger partial charge is 0.497 e. The van der Waals surface area contributed by atoms with Gasteiger partial charge in [0, 0.05) is 51.5 Å². The fourth-order valence-corrected chi connectivity index (χ4v) is 6.88. The van der Waals surface area contributed by atoms with E-state index < -0.39 is 47.3 Å². The van der Waals surface area contributed by atoms with Crippen molar-refractivity contribution < 1.29 is 38.2 Å². The van der Waals surface area contributed by atoms with Gasteiger partial charge in [0.1, 0.15) is 22.9 Å². The molecule has 16 nitrogen and oxygen atoms in total. The molecule has 66 heavy (non-hydrogen) atoms. The second kappa shape index (κ2) is 23.7. The summed E-state index contributed by atoms with van der Waals surface area (Å²) in [4.78, 5) is 78.4. The topological polar surface area (TPSA) is 218 Å². The van der Waals surface area contributed by atoms with E-state index >= 15 is 0 Å². The Kier molecular flexibility index (Phi) is 18.1. The number of carbonyl (C=O) groups is 6. The minimum absolute atomic E-state index is 0.00637. The van der Waals surface area contributed by atoms with Crippen molar-refractivity contribution in [3.8, 4) is 11.5 Å². The van der Waals surface area contributed by atoms with E-state index in [1.165, 1.54) is 68.8 Å². The number of anilines is 4. The minimum atomic E-state index is -1.64. The van der Waals surface area contributed by atoms with Crippen LogP contribution in [0.15, 0.2) is 111 Å². The van der Waals surface area contributed by atoms with E-state index in [1.807, 2.05) is 0 Å². The number of carbonyl (C=O) groups excluding carboxylic acids is 6. The van der Waals surface area contributed by atoms with Crippen LogP contribution in [0.25, 0.3) is 0 Å². The van der Waals surface area contributed by atoms with Gasteiger partial charge in [-0.2, -0.15) is 20.5 Å². The standard InChI is InChI=1S/C45H39Cl5N8O8/c1-23(59)40(57-55-38-18-25(5-10-33(38)49)42(61)52-36-13-8-31(65-3)16-28(36)21-47)44(63)51-30-7-12-35(27(15-30)20-46)54-45(64)41(24(2)60)58-56-39-19-26(6-11-34(39)50)43(62)53-37-14-9-32(66-4)17-29(37)22-48/h5-19,40-41H,20-22H2,1-4H3,(H,51,63)(H,52,61)(H,53,62)(H,54,64). The van der Waals surface area contributed by atoms with Gasteiger partial charge in [0.05, 0.1) is 24.3 Å². The van der Waals surface area contributed by atoms with Crippen LogP contribution in [0.1, 0.15) is 51.3 Å². The number of hydrogen-bond acceptors (Lipinski definition) is 12. The lowest BCUT2D eigenvalue weighted by molar-refractivity contribution is -0.127. The molecule has 0 saturated carbocycles. The van der Waals surface area contributed by atoms with E-state index in [-0.39, 0.29) is 61.6 Å². The van der Waals surface area contributed by atoms with Crippen molar-refractivity contribution in [3.05, 3.63) is 129 Å². The first-order chi connectivity index (χ1) is 31.6. The van der Waals surface area contributed by atoms with Crippen molar-refractivity contribution in [2.45, 2.75) is 43.6 Å². The van der Waals surface area contributed by atoms with Crippen molar-refractivity contribution in [1.82, 2.24) is 0 Å². The zero-order valence-corrected chi connectivity index (χ0v) is 39.2. The fourth-order valence-electron chi connectivity index (χ4n) is 5.90. The van der Waals surface area contributed by atoms with Gasteiger partial charge in [-0.25, -0.2) is 0 Å². The quantitative estimate of drug-likeness (QED) is 0.0353. The highest BCUT2D eigenvalue weighted by atomic mass is 35.5. The average molecular weight is 997 g/mol. The van der Waals surface area contributed by atoms with Crippen molar-refractivity contribution in [3.63, 3.8) is 0 Å². The number of alkyl halides is 3. The van der Waals surface area contributed by atoms with E-state index in [0.717, 1.165) is 13.8 Å². The number of ketones is 2. The summed E-state index contributed by atoms with van der Waals surface area (Å²) in [5.41, 5.74) is 3.13. The van der Waals surface area contributed by atoms with Gasteiger partial charge in [-0.15, -0.1) is 34.8 Å². The molecule has 0 aliphatic rings. The number of nitrogens with one attached hydrogen (secondary N) is 4. The van der Waals surface area contributed by atoms with Crippen LogP contribution in [0, 0.1) is 0 Å². The minimum Gasteiger partial charge on any atom is -0.497 e. The number of amides is 4. The molecule has 0 aromatic heterocycles. The van der Waals surface area contributed by atoms with Crippen LogP contribution in [0.5, 0.6) is 11.5 Å². The number of benzene rings is 5. The first kappa shape index (κ1) is 50.6. The maximum Gasteiger partial charge on any atom is 0.258 e. The summed E-state index contributed by atoms with van der Waals surface area (Å²) >= 11 is 31.1. The van der Waals surface area contributed by atoms with Crippen LogP contribution in [-0.2, 0) is 36.8 Å². The Hall–Kier alpha value is -6.43. The molecule has 5 rings (SSSR count). The molecule has 2 unspecified atom stereocenters. The predicted molar refractivity (Wildman–Crippen MR) is 255 cm³/mol. The molecule has 5 aromatic carbocycles. The van der Waals surface area contributed by atoms with Crippen molar-refractivity contribution >= 4 is 127 Å². The third-order valence-electron chi connectivity index (χ3n) is 9.43. The molecule has 0 aliphatic heterocycles. The second-order valence-electron chi connectivity index (χ2n) is 14.0. The number of rotatable bonds is 19. The third kappa shape index (κ3) is 13.1. The highest BCUT2D eigenvalue weighted by Gasteiger charge is 2.26. The smallest absolute Gasteiger partial charge is 0.258 e. The first-order valence-electron chi connectivity index (χ1n) is 19.4. The number of Topliss-reactive ketones (excluding diaryl/α,β-unsaturated/α-hetero) is 2. The van der Waals surface area contributed by atoms with Gasteiger partial charge in [0.2, 0.25) is 12.1 Å². The molecule has 0 spiro atoms. The van der Waals surface area contributed by atoms with Crippen LogP contribution in [0.2, 0.25) is 10.0 Å². The molecule has 0 heterocycles. The molecule has 0 aliphatic carbocycles. The average Bonchev–Trinajstić information content (AvgIpc) is 3.30. The molecule has 5 aromatic rings. The second-order valence-corrected chi connectivity index (χ2v) is 15.6. The van der Waals surface area contributed by atoms with Gasteiger partial charge in [0.15, 0.2) is 11.6 Å². The molecule has 4 amide bonds. The summed E-state index contributed by atoms with van der Waals surface area (Å²) in [7, 11) is 3.02. The third-order valence-corrected chi connectivity index (χ3v) is 10.9. The Morgan fingerprint density at radius 2 is 0.909 bits per heavy atom. The van der Waals surface area contributed by atoms with E-state index in [4.69, 9.17) is 67.5 Å². The van der Waals surface area contributed by atoms with Gasteiger partial charge in [-0.1, -0.05) is 23.2 Å². The highest BCUT2D eigenvalue weighted by Crippen LogP contribution is 2.31. The van der Waals surface area contributed by atoms with Crippen molar-refractivity contribution in [1.29, 1.82) is 0 Å². The first-order valence-corrected chi connectivity index (χ1v) is 21.8. The molecule has 342 valence electrons. The molecular weight excluding hydrogens is 958 g/mol. The Morgan fingerprint density at radius 3 is 1.32 bits per heavy atom. The number of nitrogens with zero attached hydrogens (tertiary/aromatic N) is 4. The van der Waals surface area contributed by atoms with Gasteiger partial charge >= 0.3 is 0 Å². The Balaban J connectivity index is 1.26. The highest BCUT2D eigenvalue weighted by molar-refractivity contribution is 6.33. The van der Waals surface area contributed by atoms with Crippen LogP contribution in [0.4, 0.5) is 34.1 Å². The van der Waals surface area contributed by atoms with Crippen molar-refractivity contribution in [2.24, 2.45) is 20.5 Å². The van der Waals surface area contributed by atoms with Crippen LogP contribution in [-0.4, -0.2) is 61.5 Å². The Labute approximate surface area is 403 Å². The molecule has 0 fully saturated rings. The summed E-state index contributed by atoms with van der Waals surface area (Å²) in [6, 6.07) is 19.4. The molecule has 21 heteroatoms. The Bertz CT molecular complexity index is 2750. The lowest BCUT2D eigenvalue weighted by Crippen LogP contribution is -2.32. The zero-order valence-electron chi connectivity index (χ0n) is 35.4. The number of ether oxygens (including phenoxy) is 2. The normalized spacial score (nSPS) is 12.0. The summed E-state index contributed by atoms with van der Waals surface area (Å²) in [5, 5.41) is 26.9. The number of methoxy groups -OCH3 is 2. The van der Waals surface area contributed by atoms with Gasteiger partial charge in [-0.3, -0.25) is 28.8 Å². The number of halogens is 5. The van der Waals surface area contributed by atoms with E-state index in [0.29, 0.717) is 39.6 Å². The van der Waals surface area contributed by atoms with Crippen LogP contribution >= 0.6 is 58.0 Å². The van der Waals surface area contributed by atoms with E-state index in [9.17, 15) is 28.8 Å². The lowest BCUT2D eigenvalue weighted by atomic mass is 10.1. The summed E-state index contributed by atoms with van der Waals surface area (Å²) in [5.74, 6) is -2.92. The molecule has 4 N–H and O–H groups in total. The van der Waals surface area contributed by atoms with E-state index in [2.05, 4.69) is 41.7 Å². The van der Waals surface area contributed by atoms with Crippen molar-refractivity contribution in [2.75, 3.05) is 35.5 Å². The van der Waals surface area contributed by atoms with E-state index in [1.54, 1.807) is 36.4 Å². The summed E-state index contributed by atoms with van der Waals surface area (Å²) < 4.78 is 10.4. The maximum atomic E-state index is 13.4. The predicted octanol–water partition coefficient (Wildman–Crippen LogP) is 11.1. The fraction of sp³-hybridized carbons (Fsp3) is 0.200. The summed E-state index contributed by atoms with van der Waals surface area (Å²) in [6.45, 7) is 2.29. The Morgan fingerprint density at radius 1 is 0.515 bits per heavy atom. The SMILES string of the molecule is COc1ccc(NC(=O)c2ccc(Cl)c(N=NC(C(C)=O)C(=O)Nc3ccc(NC(=O)C(N=Nc4cc(C(=O)Nc5ccc(OC)cc5CCl)ccc4Cl)C(C)=O)c(CCl)c3)c2)c(CCl)c1. The lowest BCUT2D eigenvalue weighted by Gasteiger charge is -2.15. The monoisotopic (exact) mass is 994 g/mol. The zero-order chi connectivity index (χ0) is 48.1. The van der Waals surface area contributed by atoms with Crippen LogP contribution < -0.4 is 30.7 Å². The molecular formula is C45H39Cl5N8O8. The molecule has 0 saturated heterocycles. The number of azo groups is 2.